The highest BCUT2D eigenvalue weighted by Crippen LogP contribution is 2.52. The number of nitrogens with zero attached hydrogens (tertiary/aromatic N) is 3. The summed E-state index contributed by atoms with van der Waals surface area (Å²) >= 11 is 0. The van der Waals surface area contributed by atoms with Gasteiger partial charge in [0.1, 0.15) is 0 Å². The Bertz CT molecular complexity index is 2140. The molecule has 1 aliphatic carbocycles. The van der Waals surface area contributed by atoms with Crippen molar-refractivity contribution in [2.45, 2.75) is 19.3 Å². The van der Waals surface area contributed by atoms with E-state index in [1.807, 2.05) is 4.57 Å². The predicted molar refractivity (Wildman–Crippen MR) is 164 cm³/mol. The van der Waals surface area contributed by atoms with Gasteiger partial charge in [-0.25, -0.2) is 4.99 Å². The minimum Gasteiger partial charge on any atom is -0.309 e. The Kier molecular flexibility index (Phi) is 4.27. The SMILES string of the molecule is C=NC(=N)n1c2cc(-n3c4ccccc4c4ccccc43)ccc2c2ccc3c(c21)C(C)(C)c1ccccc1-3. The number of aliphatic imine (C=N–C) groups is 1. The van der Waals surface area contributed by atoms with Crippen molar-refractivity contribution in [2.75, 3.05) is 0 Å². The van der Waals surface area contributed by atoms with E-state index in [1.165, 1.54) is 33.0 Å². The van der Waals surface area contributed by atoms with Gasteiger partial charge in [0.05, 0.1) is 22.1 Å². The number of nitrogens with one attached hydrogen (secondary N) is 1. The van der Waals surface area contributed by atoms with Crippen molar-refractivity contribution >= 4 is 56.3 Å². The van der Waals surface area contributed by atoms with Crippen LogP contribution in [0.5, 0.6) is 0 Å². The smallest absolute Gasteiger partial charge is 0.226 e. The van der Waals surface area contributed by atoms with Crippen LogP contribution >= 0.6 is 0 Å². The van der Waals surface area contributed by atoms with Gasteiger partial charge in [0.2, 0.25) is 5.96 Å². The van der Waals surface area contributed by atoms with Gasteiger partial charge in [0.25, 0.3) is 0 Å². The van der Waals surface area contributed by atoms with E-state index in [1.54, 1.807) is 0 Å². The van der Waals surface area contributed by atoms with Gasteiger partial charge in [-0.05, 0) is 53.2 Å². The van der Waals surface area contributed by atoms with Crippen LogP contribution in [0.1, 0.15) is 25.0 Å². The van der Waals surface area contributed by atoms with E-state index >= 15 is 0 Å². The van der Waals surface area contributed by atoms with Crippen molar-refractivity contribution in [1.29, 1.82) is 5.41 Å². The van der Waals surface area contributed by atoms with Crippen LogP contribution < -0.4 is 0 Å². The monoisotopic (exact) mass is 502 g/mol. The maximum atomic E-state index is 8.95. The number of benzene rings is 5. The molecule has 186 valence electrons. The molecule has 0 unspecified atom stereocenters. The summed E-state index contributed by atoms with van der Waals surface area (Å²) in [6.07, 6.45) is 0. The van der Waals surface area contributed by atoms with E-state index in [0.717, 1.165) is 38.5 Å². The van der Waals surface area contributed by atoms with Crippen molar-refractivity contribution in [2.24, 2.45) is 4.99 Å². The molecule has 1 aliphatic rings. The molecule has 8 rings (SSSR count). The molecule has 0 amide bonds. The Labute approximate surface area is 226 Å². The summed E-state index contributed by atoms with van der Waals surface area (Å²) in [7, 11) is 0. The lowest BCUT2D eigenvalue weighted by Crippen LogP contribution is -2.18. The summed E-state index contributed by atoms with van der Waals surface area (Å²) in [5.74, 6) is 0.134. The second-order valence-corrected chi connectivity index (χ2v) is 10.9. The third kappa shape index (κ3) is 2.73. The zero-order chi connectivity index (χ0) is 26.5. The van der Waals surface area contributed by atoms with Crippen LogP contribution in [0.15, 0.2) is 108 Å². The molecule has 4 heteroatoms. The fourth-order valence-corrected chi connectivity index (χ4v) is 6.98. The lowest BCUT2D eigenvalue weighted by atomic mass is 9.81. The van der Waals surface area contributed by atoms with Crippen molar-refractivity contribution in [3.05, 3.63) is 114 Å². The average molecular weight is 503 g/mol. The highest BCUT2D eigenvalue weighted by atomic mass is 15.1. The summed E-state index contributed by atoms with van der Waals surface area (Å²) < 4.78 is 4.32. The molecule has 0 atom stereocenters. The summed E-state index contributed by atoms with van der Waals surface area (Å²) in [5.41, 5.74) is 10.2. The topological polar surface area (TPSA) is 46.1 Å². The highest BCUT2D eigenvalue weighted by Gasteiger charge is 2.38. The fourth-order valence-electron chi connectivity index (χ4n) is 6.98. The molecule has 0 radical (unpaired) electrons. The molecule has 0 aliphatic heterocycles. The third-order valence-corrected chi connectivity index (χ3v) is 8.63. The number of hydrogen-bond acceptors (Lipinski definition) is 1. The van der Waals surface area contributed by atoms with Gasteiger partial charge in [-0.15, -0.1) is 0 Å². The summed E-state index contributed by atoms with van der Waals surface area (Å²) in [6.45, 7) is 8.32. The van der Waals surface area contributed by atoms with Crippen LogP contribution in [0.2, 0.25) is 0 Å². The maximum absolute atomic E-state index is 8.95. The largest absolute Gasteiger partial charge is 0.309 e. The lowest BCUT2D eigenvalue weighted by molar-refractivity contribution is 0.664. The lowest BCUT2D eigenvalue weighted by Gasteiger charge is -2.23. The highest BCUT2D eigenvalue weighted by molar-refractivity contribution is 6.17. The minimum atomic E-state index is -0.214. The first-order chi connectivity index (χ1) is 19.0. The van der Waals surface area contributed by atoms with Crippen molar-refractivity contribution in [1.82, 2.24) is 9.13 Å². The van der Waals surface area contributed by atoms with Gasteiger partial charge in [-0.3, -0.25) is 9.98 Å². The van der Waals surface area contributed by atoms with Gasteiger partial charge >= 0.3 is 0 Å². The molecule has 5 aromatic carbocycles. The zero-order valence-electron chi connectivity index (χ0n) is 21.9. The molecular formula is C35H26N4. The summed E-state index contributed by atoms with van der Waals surface area (Å²) in [4.78, 5) is 4.14. The van der Waals surface area contributed by atoms with Crippen molar-refractivity contribution in [3.8, 4) is 16.8 Å². The molecule has 1 N–H and O–H groups in total. The second-order valence-electron chi connectivity index (χ2n) is 10.9. The Morgan fingerprint density at radius 2 is 1.31 bits per heavy atom. The quantitative estimate of drug-likeness (QED) is 0.172. The molecule has 39 heavy (non-hydrogen) atoms. The first-order valence-corrected chi connectivity index (χ1v) is 13.3. The molecular weight excluding hydrogens is 476 g/mol. The average Bonchev–Trinajstić information content (AvgIpc) is 3.56. The Morgan fingerprint density at radius 3 is 2.03 bits per heavy atom. The van der Waals surface area contributed by atoms with E-state index in [-0.39, 0.29) is 11.4 Å². The first kappa shape index (κ1) is 22.1. The number of rotatable bonds is 1. The van der Waals surface area contributed by atoms with E-state index in [4.69, 9.17) is 5.41 Å². The molecule has 2 heterocycles. The van der Waals surface area contributed by atoms with Gasteiger partial charge < -0.3 is 4.57 Å². The normalized spacial score (nSPS) is 13.8. The molecule has 0 saturated heterocycles. The summed E-state index contributed by atoms with van der Waals surface area (Å²) in [5, 5.41) is 13.6. The third-order valence-electron chi connectivity index (χ3n) is 8.63. The van der Waals surface area contributed by atoms with Crippen LogP contribution in [-0.2, 0) is 5.41 Å². The molecule has 7 aromatic rings. The fraction of sp³-hybridized carbons (Fsp3) is 0.0857. The van der Waals surface area contributed by atoms with E-state index in [0.29, 0.717) is 0 Å². The maximum Gasteiger partial charge on any atom is 0.226 e. The van der Waals surface area contributed by atoms with E-state index < -0.39 is 0 Å². The van der Waals surface area contributed by atoms with Crippen LogP contribution in [0.3, 0.4) is 0 Å². The Hall–Kier alpha value is -4.96. The van der Waals surface area contributed by atoms with Gasteiger partial charge in [0.15, 0.2) is 0 Å². The standard InChI is InChI=1S/C35H26N4/c1-35(2)28-13-7-4-10-22(28)26-18-19-27-25-17-16-21(20-31(25)39(34(36)37-3)33(27)32(26)35)38-29-14-8-5-11-23(29)24-12-6-9-15-30(24)38/h4-20,36H,3H2,1-2H3. The van der Waals surface area contributed by atoms with E-state index in [9.17, 15) is 0 Å². The van der Waals surface area contributed by atoms with Gasteiger partial charge in [0, 0.05) is 32.6 Å². The van der Waals surface area contributed by atoms with Crippen molar-refractivity contribution < 1.29 is 0 Å². The van der Waals surface area contributed by atoms with Crippen LogP contribution in [-0.4, -0.2) is 21.8 Å². The Morgan fingerprint density at radius 1 is 0.692 bits per heavy atom. The van der Waals surface area contributed by atoms with Crippen LogP contribution in [0.25, 0.3) is 60.4 Å². The second kappa shape index (κ2) is 7.55. The number of hydrogen-bond donors (Lipinski definition) is 1. The first-order valence-electron chi connectivity index (χ1n) is 13.3. The molecule has 0 fully saturated rings. The summed E-state index contributed by atoms with van der Waals surface area (Å²) in [6, 6.07) is 36.8. The molecule has 0 saturated carbocycles. The molecule has 2 aromatic heterocycles. The molecule has 0 spiro atoms. The van der Waals surface area contributed by atoms with Crippen LogP contribution in [0, 0.1) is 5.41 Å². The number of para-hydroxylation sites is 2. The van der Waals surface area contributed by atoms with Gasteiger partial charge in [-0.2, -0.15) is 0 Å². The zero-order valence-corrected chi connectivity index (χ0v) is 21.9. The van der Waals surface area contributed by atoms with Crippen LogP contribution in [0.4, 0.5) is 0 Å². The van der Waals surface area contributed by atoms with E-state index in [2.05, 4.69) is 133 Å². The predicted octanol–water partition coefficient (Wildman–Crippen LogP) is 8.68. The molecule has 4 nitrogen and oxygen atoms in total. The minimum absolute atomic E-state index is 0.134. The van der Waals surface area contributed by atoms with Crippen molar-refractivity contribution in [3.63, 3.8) is 0 Å². The van der Waals surface area contributed by atoms with Gasteiger partial charge in [-0.1, -0.05) is 92.7 Å². The number of aromatic nitrogens is 2. The molecule has 0 bridgehead atoms. The number of fused-ring (bicyclic) bond motifs is 10. The Balaban J connectivity index is 1.51.